The normalized spacial score (nSPS) is 21.7. The van der Waals surface area contributed by atoms with E-state index in [1.165, 1.54) is 0 Å². The lowest BCUT2D eigenvalue weighted by Crippen LogP contribution is -2.29. The molecule has 0 spiro atoms. The van der Waals surface area contributed by atoms with Gasteiger partial charge in [0.05, 0.1) is 18.4 Å². The maximum atomic E-state index is 12.2. The van der Waals surface area contributed by atoms with Crippen molar-refractivity contribution in [1.82, 2.24) is 9.97 Å². The van der Waals surface area contributed by atoms with Gasteiger partial charge in [-0.15, -0.1) is 0 Å². The van der Waals surface area contributed by atoms with Gasteiger partial charge in [-0.3, -0.25) is 0 Å². The van der Waals surface area contributed by atoms with Crippen molar-refractivity contribution in [2.45, 2.75) is 44.8 Å². The molecule has 0 atom stereocenters. The van der Waals surface area contributed by atoms with E-state index in [1.807, 2.05) is 12.3 Å². The molecule has 2 heterocycles. The molecule has 0 unspecified atom stereocenters. The molecule has 118 valence electrons. The van der Waals surface area contributed by atoms with Crippen LogP contribution >= 0.6 is 0 Å². The SMILES string of the molecule is CCOC(=O)c1cnc2[nH]ccc2c1N[C@H]1CC[C@H](O)CC1. The second-order valence-corrected chi connectivity index (χ2v) is 5.66. The molecular weight excluding hydrogens is 282 g/mol. The van der Waals surface area contributed by atoms with Gasteiger partial charge in [0.15, 0.2) is 0 Å². The Morgan fingerprint density at radius 1 is 1.45 bits per heavy atom. The van der Waals surface area contributed by atoms with Gasteiger partial charge in [-0.1, -0.05) is 0 Å². The molecule has 1 fully saturated rings. The van der Waals surface area contributed by atoms with Crippen LogP contribution in [0, 0.1) is 0 Å². The van der Waals surface area contributed by atoms with Crippen LogP contribution < -0.4 is 5.32 Å². The van der Waals surface area contributed by atoms with Crippen molar-refractivity contribution in [2.24, 2.45) is 0 Å². The number of esters is 1. The Bertz CT molecular complexity index is 660. The highest BCUT2D eigenvalue weighted by atomic mass is 16.5. The first-order chi connectivity index (χ1) is 10.7. The maximum Gasteiger partial charge on any atom is 0.341 e. The maximum absolute atomic E-state index is 12.2. The number of ether oxygens (including phenoxy) is 1. The molecule has 2 aromatic heterocycles. The quantitative estimate of drug-likeness (QED) is 0.755. The molecule has 1 aliphatic rings. The molecule has 6 heteroatoms. The molecule has 3 N–H and O–H groups in total. The third-order valence-electron chi connectivity index (χ3n) is 4.13. The number of carbonyl (C=O) groups excluding carboxylic acids is 1. The van der Waals surface area contributed by atoms with E-state index >= 15 is 0 Å². The number of nitrogens with zero attached hydrogens (tertiary/aromatic N) is 1. The van der Waals surface area contributed by atoms with Crippen LogP contribution in [0.4, 0.5) is 5.69 Å². The first-order valence-corrected chi connectivity index (χ1v) is 7.77. The molecule has 0 saturated heterocycles. The third kappa shape index (κ3) is 2.92. The molecule has 0 radical (unpaired) electrons. The van der Waals surface area contributed by atoms with Crippen LogP contribution in [0.25, 0.3) is 11.0 Å². The highest BCUT2D eigenvalue weighted by Gasteiger charge is 2.23. The zero-order valence-corrected chi connectivity index (χ0v) is 12.6. The van der Waals surface area contributed by atoms with E-state index in [0.717, 1.165) is 42.4 Å². The fraction of sp³-hybridized carbons (Fsp3) is 0.500. The number of aromatic amines is 1. The summed E-state index contributed by atoms with van der Waals surface area (Å²) in [5.41, 5.74) is 1.97. The number of anilines is 1. The van der Waals surface area contributed by atoms with Gasteiger partial charge >= 0.3 is 5.97 Å². The fourth-order valence-corrected chi connectivity index (χ4v) is 2.95. The van der Waals surface area contributed by atoms with Gasteiger partial charge in [0.25, 0.3) is 0 Å². The first kappa shape index (κ1) is 14.8. The Hall–Kier alpha value is -2.08. The van der Waals surface area contributed by atoms with Gasteiger partial charge < -0.3 is 20.1 Å². The Labute approximate surface area is 128 Å². The van der Waals surface area contributed by atoms with Crippen molar-refractivity contribution in [1.29, 1.82) is 0 Å². The summed E-state index contributed by atoms with van der Waals surface area (Å²) >= 11 is 0. The Kier molecular flexibility index (Phi) is 4.29. The van der Waals surface area contributed by atoms with Crippen molar-refractivity contribution < 1.29 is 14.6 Å². The van der Waals surface area contributed by atoms with Crippen LogP contribution in [0.3, 0.4) is 0 Å². The molecule has 3 rings (SSSR count). The lowest BCUT2D eigenvalue weighted by atomic mass is 9.92. The molecule has 0 aromatic carbocycles. The highest BCUT2D eigenvalue weighted by Crippen LogP contribution is 2.30. The molecule has 2 aromatic rings. The highest BCUT2D eigenvalue weighted by molar-refractivity contribution is 6.04. The average Bonchev–Trinajstić information content (AvgIpc) is 2.99. The Morgan fingerprint density at radius 2 is 2.23 bits per heavy atom. The zero-order valence-electron chi connectivity index (χ0n) is 12.6. The Morgan fingerprint density at radius 3 is 2.95 bits per heavy atom. The number of hydrogen-bond donors (Lipinski definition) is 3. The third-order valence-corrected chi connectivity index (χ3v) is 4.13. The minimum absolute atomic E-state index is 0.202. The van der Waals surface area contributed by atoms with Gasteiger partial charge in [-0.25, -0.2) is 9.78 Å². The molecule has 0 aliphatic heterocycles. The van der Waals surface area contributed by atoms with Crippen molar-refractivity contribution >= 4 is 22.7 Å². The molecule has 1 aliphatic carbocycles. The van der Waals surface area contributed by atoms with Crippen molar-refractivity contribution in [3.05, 3.63) is 24.0 Å². The van der Waals surface area contributed by atoms with E-state index in [0.29, 0.717) is 12.2 Å². The van der Waals surface area contributed by atoms with Gasteiger partial charge in [0, 0.05) is 23.8 Å². The number of aliphatic hydroxyl groups is 1. The van der Waals surface area contributed by atoms with E-state index in [2.05, 4.69) is 15.3 Å². The number of aromatic nitrogens is 2. The standard InChI is InChI=1S/C16H21N3O3/c1-2-22-16(21)13-9-18-15-12(7-8-17-15)14(13)19-10-3-5-11(20)6-4-10/h7-11,20H,2-6H2,1H3,(H2,17,18,19)/t10-,11-. The summed E-state index contributed by atoms with van der Waals surface area (Å²) in [6, 6.07) is 2.16. The summed E-state index contributed by atoms with van der Waals surface area (Å²) in [7, 11) is 0. The smallest absolute Gasteiger partial charge is 0.341 e. The molecule has 6 nitrogen and oxygen atoms in total. The number of pyridine rings is 1. The monoisotopic (exact) mass is 303 g/mol. The van der Waals surface area contributed by atoms with Gasteiger partial charge in [0.1, 0.15) is 11.2 Å². The van der Waals surface area contributed by atoms with Gasteiger partial charge in [-0.05, 0) is 38.7 Å². The van der Waals surface area contributed by atoms with E-state index < -0.39 is 0 Å². The van der Waals surface area contributed by atoms with Crippen molar-refractivity contribution in [3.8, 4) is 0 Å². The molecular formula is C16H21N3O3. The summed E-state index contributed by atoms with van der Waals surface area (Å²) in [6.45, 7) is 2.12. The van der Waals surface area contributed by atoms with Crippen LogP contribution in [0.5, 0.6) is 0 Å². The van der Waals surface area contributed by atoms with Crippen LogP contribution in [0.2, 0.25) is 0 Å². The molecule has 0 amide bonds. The minimum Gasteiger partial charge on any atom is -0.462 e. The summed E-state index contributed by atoms with van der Waals surface area (Å²) in [5.74, 6) is -0.364. The van der Waals surface area contributed by atoms with E-state index in [1.54, 1.807) is 13.1 Å². The van der Waals surface area contributed by atoms with Crippen LogP contribution in [0.15, 0.2) is 18.5 Å². The van der Waals surface area contributed by atoms with Gasteiger partial charge in [0.2, 0.25) is 0 Å². The summed E-state index contributed by atoms with van der Waals surface area (Å²) < 4.78 is 5.13. The van der Waals surface area contributed by atoms with E-state index in [-0.39, 0.29) is 18.1 Å². The van der Waals surface area contributed by atoms with Crippen LogP contribution in [-0.4, -0.2) is 39.8 Å². The second-order valence-electron chi connectivity index (χ2n) is 5.66. The van der Waals surface area contributed by atoms with Crippen molar-refractivity contribution in [2.75, 3.05) is 11.9 Å². The summed E-state index contributed by atoms with van der Waals surface area (Å²) in [6.07, 6.45) is 6.50. The average molecular weight is 303 g/mol. The topological polar surface area (TPSA) is 87.2 Å². The van der Waals surface area contributed by atoms with Gasteiger partial charge in [-0.2, -0.15) is 0 Å². The zero-order chi connectivity index (χ0) is 15.5. The predicted octanol–water partition coefficient (Wildman–Crippen LogP) is 2.46. The largest absolute Gasteiger partial charge is 0.462 e. The lowest BCUT2D eigenvalue weighted by Gasteiger charge is -2.28. The van der Waals surface area contributed by atoms with Crippen LogP contribution in [0.1, 0.15) is 43.0 Å². The summed E-state index contributed by atoms with van der Waals surface area (Å²) in [5, 5.41) is 14.0. The van der Waals surface area contributed by atoms with E-state index in [9.17, 15) is 9.90 Å². The molecule has 22 heavy (non-hydrogen) atoms. The number of fused-ring (bicyclic) bond motifs is 1. The van der Waals surface area contributed by atoms with E-state index in [4.69, 9.17) is 4.74 Å². The fourth-order valence-electron chi connectivity index (χ4n) is 2.95. The van der Waals surface area contributed by atoms with Crippen molar-refractivity contribution in [3.63, 3.8) is 0 Å². The summed E-state index contributed by atoms with van der Waals surface area (Å²) in [4.78, 5) is 19.5. The number of hydrogen-bond acceptors (Lipinski definition) is 5. The number of carbonyl (C=O) groups is 1. The first-order valence-electron chi connectivity index (χ1n) is 7.77. The minimum atomic E-state index is -0.364. The van der Waals surface area contributed by atoms with Crippen LogP contribution in [-0.2, 0) is 4.74 Å². The Balaban J connectivity index is 1.92. The predicted molar refractivity (Wildman–Crippen MR) is 83.9 cm³/mol. The molecule has 1 saturated carbocycles. The number of aliphatic hydroxyl groups excluding tert-OH is 1. The molecule has 0 bridgehead atoms. The number of H-pyrrole nitrogens is 1. The lowest BCUT2D eigenvalue weighted by molar-refractivity contribution is 0.0527. The number of nitrogens with one attached hydrogen (secondary N) is 2. The second kappa shape index (κ2) is 6.36. The number of rotatable bonds is 4.